The summed E-state index contributed by atoms with van der Waals surface area (Å²) >= 11 is 1.76. The van der Waals surface area contributed by atoms with E-state index in [1.54, 1.807) is 15.6 Å². The Morgan fingerprint density at radius 3 is 2.64 bits per heavy atom. The predicted molar refractivity (Wildman–Crippen MR) is 91.9 cm³/mol. The third-order valence-corrected chi connectivity index (χ3v) is 7.12. The lowest BCUT2D eigenvalue weighted by Crippen LogP contribution is -2.41. The fraction of sp³-hybridized carbons (Fsp3) is 0.800. The van der Waals surface area contributed by atoms with E-state index < -0.39 is 10.0 Å². The molecule has 1 aliphatic heterocycles. The van der Waals surface area contributed by atoms with Crippen LogP contribution in [-0.4, -0.2) is 43.1 Å². The molecule has 2 atom stereocenters. The SMILES string of the molecule is Cc1nc(C(C)C)sc1[C@H](C)NC[C@H]1CCCN1S(C)(=O)=O. The van der Waals surface area contributed by atoms with Crippen molar-refractivity contribution in [1.29, 1.82) is 0 Å². The zero-order chi connectivity index (χ0) is 16.5. The minimum Gasteiger partial charge on any atom is -0.308 e. The van der Waals surface area contributed by atoms with Gasteiger partial charge in [0.05, 0.1) is 17.0 Å². The quantitative estimate of drug-likeness (QED) is 0.861. The molecule has 1 aromatic heterocycles. The van der Waals surface area contributed by atoms with Crippen molar-refractivity contribution in [1.82, 2.24) is 14.6 Å². The van der Waals surface area contributed by atoms with Crippen LogP contribution >= 0.6 is 11.3 Å². The first-order valence-electron chi connectivity index (χ1n) is 7.87. The molecule has 1 fully saturated rings. The lowest BCUT2D eigenvalue weighted by Gasteiger charge is -2.24. The van der Waals surface area contributed by atoms with Crippen molar-refractivity contribution < 1.29 is 8.42 Å². The van der Waals surface area contributed by atoms with Gasteiger partial charge in [0.1, 0.15) is 0 Å². The van der Waals surface area contributed by atoms with Crippen molar-refractivity contribution in [2.24, 2.45) is 0 Å². The largest absolute Gasteiger partial charge is 0.308 e. The van der Waals surface area contributed by atoms with Gasteiger partial charge in [-0.2, -0.15) is 4.31 Å². The van der Waals surface area contributed by atoms with E-state index in [-0.39, 0.29) is 12.1 Å². The average Bonchev–Trinajstić information content (AvgIpc) is 3.01. The second-order valence-corrected chi connectivity index (χ2v) is 9.45. The Morgan fingerprint density at radius 2 is 2.09 bits per heavy atom. The Labute approximate surface area is 138 Å². The van der Waals surface area contributed by atoms with Crippen molar-refractivity contribution >= 4 is 21.4 Å². The lowest BCUT2D eigenvalue weighted by molar-refractivity contribution is 0.364. The average molecular weight is 346 g/mol. The molecule has 0 radical (unpaired) electrons. The Hall–Kier alpha value is -0.500. The summed E-state index contributed by atoms with van der Waals surface area (Å²) in [5.41, 5.74) is 1.08. The van der Waals surface area contributed by atoms with Crippen molar-refractivity contribution in [2.45, 2.75) is 58.5 Å². The van der Waals surface area contributed by atoms with Crippen LogP contribution in [0.5, 0.6) is 0 Å². The third-order valence-electron chi connectivity index (χ3n) is 4.14. The van der Waals surface area contributed by atoms with E-state index in [9.17, 15) is 8.42 Å². The predicted octanol–water partition coefficient (Wildman–Crippen LogP) is 2.65. The number of aromatic nitrogens is 1. The standard InChI is InChI=1S/C15H27N3O2S2/c1-10(2)15-17-12(4)14(21-15)11(3)16-9-13-7-6-8-18(13)22(5,19)20/h10-11,13,16H,6-9H2,1-5H3/t11-,13+/m0/s1. The van der Waals surface area contributed by atoms with E-state index >= 15 is 0 Å². The highest BCUT2D eigenvalue weighted by Gasteiger charge is 2.31. The highest BCUT2D eigenvalue weighted by Crippen LogP contribution is 2.29. The number of thiazole rings is 1. The summed E-state index contributed by atoms with van der Waals surface area (Å²) in [6.07, 6.45) is 3.19. The first kappa shape index (κ1) is 17.8. The Morgan fingerprint density at radius 1 is 1.41 bits per heavy atom. The molecular weight excluding hydrogens is 318 g/mol. The fourth-order valence-electron chi connectivity index (χ4n) is 2.93. The molecule has 1 aliphatic rings. The topological polar surface area (TPSA) is 62.3 Å². The first-order valence-corrected chi connectivity index (χ1v) is 10.5. The molecule has 0 amide bonds. The van der Waals surface area contributed by atoms with Crippen LogP contribution in [-0.2, 0) is 10.0 Å². The molecule has 2 heterocycles. The molecule has 1 N–H and O–H groups in total. The van der Waals surface area contributed by atoms with Crippen molar-refractivity contribution in [3.05, 3.63) is 15.6 Å². The summed E-state index contributed by atoms with van der Waals surface area (Å²) in [7, 11) is -3.10. The normalized spacial score (nSPS) is 21.6. The number of hydrogen-bond acceptors (Lipinski definition) is 5. The van der Waals surface area contributed by atoms with Gasteiger partial charge in [-0.1, -0.05) is 13.8 Å². The van der Waals surface area contributed by atoms with Gasteiger partial charge >= 0.3 is 0 Å². The van der Waals surface area contributed by atoms with Crippen LogP contribution in [0.3, 0.4) is 0 Å². The summed E-state index contributed by atoms with van der Waals surface area (Å²) in [5, 5.41) is 4.67. The second-order valence-electron chi connectivity index (χ2n) is 6.46. The molecule has 0 spiro atoms. The molecule has 2 rings (SSSR count). The number of aryl methyl sites for hydroxylation is 1. The highest BCUT2D eigenvalue weighted by atomic mass is 32.2. The number of nitrogens with zero attached hydrogens (tertiary/aromatic N) is 2. The summed E-state index contributed by atoms with van der Waals surface area (Å²) in [5.74, 6) is 0.445. The minimum absolute atomic E-state index is 0.0789. The number of sulfonamides is 1. The molecule has 7 heteroatoms. The van der Waals surface area contributed by atoms with E-state index in [0.717, 1.165) is 18.5 Å². The Kier molecular flexibility index (Phi) is 5.63. The molecule has 0 aliphatic carbocycles. The van der Waals surface area contributed by atoms with Crippen LogP contribution < -0.4 is 5.32 Å². The maximum Gasteiger partial charge on any atom is 0.211 e. The van der Waals surface area contributed by atoms with Crippen molar-refractivity contribution in [3.8, 4) is 0 Å². The zero-order valence-corrected chi connectivity index (χ0v) is 15.7. The lowest BCUT2D eigenvalue weighted by atomic mass is 10.2. The van der Waals surface area contributed by atoms with Gasteiger partial charge in [-0.25, -0.2) is 13.4 Å². The molecule has 126 valence electrons. The second kappa shape index (κ2) is 6.95. The first-order chi connectivity index (χ1) is 10.2. The monoisotopic (exact) mass is 345 g/mol. The minimum atomic E-state index is -3.10. The molecule has 5 nitrogen and oxygen atoms in total. The summed E-state index contributed by atoms with van der Waals surface area (Å²) in [6.45, 7) is 9.84. The van der Waals surface area contributed by atoms with Crippen LogP contribution in [0.25, 0.3) is 0 Å². The van der Waals surface area contributed by atoms with E-state index in [4.69, 9.17) is 0 Å². The molecule has 1 saturated heterocycles. The summed E-state index contributed by atoms with van der Waals surface area (Å²) < 4.78 is 25.2. The van der Waals surface area contributed by atoms with E-state index in [0.29, 0.717) is 19.0 Å². The molecule has 0 aromatic carbocycles. The maximum absolute atomic E-state index is 11.8. The molecule has 1 aromatic rings. The molecule has 0 bridgehead atoms. The van der Waals surface area contributed by atoms with Crippen LogP contribution in [0.15, 0.2) is 0 Å². The van der Waals surface area contributed by atoms with Crippen molar-refractivity contribution in [2.75, 3.05) is 19.3 Å². The van der Waals surface area contributed by atoms with Crippen LogP contribution in [0.4, 0.5) is 0 Å². The van der Waals surface area contributed by atoms with Crippen LogP contribution in [0.2, 0.25) is 0 Å². The van der Waals surface area contributed by atoms with E-state index in [1.807, 2.05) is 6.92 Å². The smallest absolute Gasteiger partial charge is 0.211 e. The number of rotatable bonds is 6. The third kappa shape index (κ3) is 4.07. The Balaban J connectivity index is 1.99. The van der Waals surface area contributed by atoms with Crippen molar-refractivity contribution in [3.63, 3.8) is 0 Å². The van der Waals surface area contributed by atoms with Gasteiger partial charge in [0.2, 0.25) is 10.0 Å². The van der Waals surface area contributed by atoms with Gasteiger partial charge < -0.3 is 5.32 Å². The summed E-state index contributed by atoms with van der Waals surface area (Å²) in [6, 6.07) is 0.280. The maximum atomic E-state index is 11.8. The fourth-order valence-corrected chi connectivity index (χ4v) is 5.21. The number of nitrogens with one attached hydrogen (secondary N) is 1. The van der Waals surface area contributed by atoms with Gasteiger partial charge in [-0.15, -0.1) is 11.3 Å². The van der Waals surface area contributed by atoms with Gasteiger partial charge in [-0.3, -0.25) is 0 Å². The molecular formula is C15H27N3O2S2. The van der Waals surface area contributed by atoms with Crippen LogP contribution in [0, 0.1) is 6.92 Å². The zero-order valence-electron chi connectivity index (χ0n) is 14.1. The highest BCUT2D eigenvalue weighted by molar-refractivity contribution is 7.88. The number of hydrogen-bond donors (Lipinski definition) is 1. The molecule has 0 unspecified atom stereocenters. The molecule has 22 heavy (non-hydrogen) atoms. The summed E-state index contributed by atoms with van der Waals surface area (Å²) in [4.78, 5) is 5.89. The van der Waals surface area contributed by atoms with E-state index in [1.165, 1.54) is 16.1 Å². The van der Waals surface area contributed by atoms with Gasteiger partial charge in [0.15, 0.2) is 0 Å². The Bertz CT molecular complexity index is 610. The van der Waals surface area contributed by atoms with Gasteiger partial charge in [0, 0.05) is 36.0 Å². The van der Waals surface area contributed by atoms with Crippen LogP contribution in [0.1, 0.15) is 61.2 Å². The van der Waals surface area contributed by atoms with E-state index in [2.05, 4.69) is 31.1 Å². The van der Waals surface area contributed by atoms with Gasteiger partial charge in [0.25, 0.3) is 0 Å². The van der Waals surface area contributed by atoms with Gasteiger partial charge in [-0.05, 0) is 26.7 Å². The molecule has 0 saturated carbocycles.